The topological polar surface area (TPSA) is 63.3 Å². The molecular formula is C13H13NO3. The normalized spacial score (nSPS) is 10.4. The van der Waals surface area contributed by atoms with Gasteiger partial charge in [-0.2, -0.15) is 0 Å². The van der Waals surface area contributed by atoms with Crippen molar-refractivity contribution < 1.29 is 14.3 Å². The second-order valence-electron chi connectivity index (χ2n) is 3.77. The van der Waals surface area contributed by atoms with Gasteiger partial charge in [-0.25, -0.2) is 4.98 Å². The molecule has 88 valence electrons. The molecule has 1 heterocycles. The summed E-state index contributed by atoms with van der Waals surface area (Å²) in [6, 6.07) is 9.70. The average Bonchev–Trinajstić information content (AvgIpc) is 2.69. The maximum absolute atomic E-state index is 10.5. The van der Waals surface area contributed by atoms with E-state index < -0.39 is 5.97 Å². The lowest BCUT2D eigenvalue weighted by Gasteiger charge is -1.94. The van der Waals surface area contributed by atoms with Crippen molar-refractivity contribution in [3.05, 3.63) is 42.0 Å². The van der Waals surface area contributed by atoms with Gasteiger partial charge in [0.05, 0.1) is 6.42 Å². The van der Waals surface area contributed by atoms with Gasteiger partial charge in [-0.05, 0) is 6.92 Å². The molecule has 0 bridgehead atoms. The molecule has 4 heteroatoms. The van der Waals surface area contributed by atoms with Gasteiger partial charge in [0.1, 0.15) is 11.5 Å². The summed E-state index contributed by atoms with van der Waals surface area (Å²) < 4.78 is 5.45. The third kappa shape index (κ3) is 2.72. The van der Waals surface area contributed by atoms with Gasteiger partial charge >= 0.3 is 5.97 Å². The highest BCUT2D eigenvalue weighted by atomic mass is 16.4. The Morgan fingerprint density at radius 2 is 2.06 bits per heavy atom. The Kier molecular flexibility index (Phi) is 3.23. The van der Waals surface area contributed by atoms with E-state index >= 15 is 0 Å². The summed E-state index contributed by atoms with van der Waals surface area (Å²) in [6.45, 7) is 1.83. The summed E-state index contributed by atoms with van der Waals surface area (Å²) in [4.78, 5) is 14.8. The molecule has 2 rings (SSSR count). The first-order valence-corrected chi connectivity index (χ1v) is 5.40. The van der Waals surface area contributed by atoms with Gasteiger partial charge in [0.2, 0.25) is 0 Å². The lowest BCUT2D eigenvalue weighted by molar-refractivity contribution is -0.137. The van der Waals surface area contributed by atoms with E-state index in [2.05, 4.69) is 4.98 Å². The average molecular weight is 231 g/mol. The molecule has 1 N–H and O–H groups in total. The molecule has 0 atom stereocenters. The molecule has 0 aliphatic heterocycles. The molecule has 2 aromatic rings. The quantitative estimate of drug-likeness (QED) is 0.878. The molecule has 0 saturated carbocycles. The second-order valence-corrected chi connectivity index (χ2v) is 3.77. The number of oxazole rings is 1. The molecule has 0 unspecified atom stereocenters. The first kappa shape index (κ1) is 11.4. The fraction of sp³-hybridized carbons (Fsp3) is 0.231. The van der Waals surface area contributed by atoms with Crippen LogP contribution in [0.1, 0.15) is 18.1 Å². The van der Waals surface area contributed by atoms with E-state index in [1.54, 1.807) is 0 Å². The number of carboxylic acids is 1. The third-order valence-corrected chi connectivity index (χ3v) is 2.44. The summed E-state index contributed by atoms with van der Waals surface area (Å²) in [7, 11) is 0. The molecule has 0 radical (unpaired) electrons. The van der Waals surface area contributed by atoms with Gasteiger partial charge in [0.25, 0.3) is 0 Å². The van der Waals surface area contributed by atoms with E-state index in [1.807, 2.05) is 37.3 Å². The monoisotopic (exact) mass is 231 g/mol. The van der Waals surface area contributed by atoms with Crippen molar-refractivity contribution in [3.8, 4) is 11.3 Å². The van der Waals surface area contributed by atoms with Crippen molar-refractivity contribution >= 4 is 5.97 Å². The van der Waals surface area contributed by atoms with Crippen LogP contribution in [0.4, 0.5) is 0 Å². The molecule has 0 aliphatic rings. The first-order valence-electron chi connectivity index (χ1n) is 5.40. The fourth-order valence-corrected chi connectivity index (χ4v) is 1.64. The Hall–Kier alpha value is -2.10. The van der Waals surface area contributed by atoms with Gasteiger partial charge < -0.3 is 9.52 Å². The van der Waals surface area contributed by atoms with Crippen molar-refractivity contribution in [2.24, 2.45) is 0 Å². The lowest BCUT2D eigenvalue weighted by atomic mass is 10.1. The van der Waals surface area contributed by atoms with Gasteiger partial charge in [0.15, 0.2) is 5.89 Å². The molecule has 0 saturated heterocycles. The lowest BCUT2D eigenvalue weighted by Crippen LogP contribution is -1.97. The number of hydrogen-bond acceptors (Lipinski definition) is 3. The Morgan fingerprint density at radius 3 is 2.71 bits per heavy atom. The van der Waals surface area contributed by atoms with Crippen LogP contribution in [0.5, 0.6) is 0 Å². The van der Waals surface area contributed by atoms with Crippen LogP contribution in [-0.4, -0.2) is 16.1 Å². The number of benzene rings is 1. The van der Waals surface area contributed by atoms with E-state index in [9.17, 15) is 4.79 Å². The highest BCUT2D eigenvalue weighted by molar-refractivity contribution is 5.67. The minimum absolute atomic E-state index is 0.0359. The molecule has 0 aliphatic carbocycles. The smallest absolute Gasteiger partial charge is 0.303 e. The molecule has 0 amide bonds. The maximum atomic E-state index is 10.5. The van der Waals surface area contributed by atoms with Crippen LogP contribution in [0.3, 0.4) is 0 Å². The van der Waals surface area contributed by atoms with Gasteiger partial charge in [0, 0.05) is 12.0 Å². The Balaban J connectivity index is 2.22. The van der Waals surface area contributed by atoms with Crippen LogP contribution in [0.15, 0.2) is 34.7 Å². The van der Waals surface area contributed by atoms with Crippen LogP contribution in [0.2, 0.25) is 0 Å². The van der Waals surface area contributed by atoms with E-state index in [0.717, 1.165) is 17.0 Å². The number of hydrogen-bond donors (Lipinski definition) is 1. The molecule has 1 aromatic heterocycles. The van der Waals surface area contributed by atoms with Gasteiger partial charge in [-0.1, -0.05) is 30.3 Å². The predicted molar refractivity (Wildman–Crippen MR) is 62.6 cm³/mol. The Labute approximate surface area is 98.9 Å². The summed E-state index contributed by atoms with van der Waals surface area (Å²) >= 11 is 0. The van der Waals surface area contributed by atoms with Crippen molar-refractivity contribution in [2.75, 3.05) is 0 Å². The Morgan fingerprint density at radius 1 is 1.35 bits per heavy atom. The van der Waals surface area contributed by atoms with Crippen molar-refractivity contribution in [1.29, 1.82) is 0 Å². The third-order valence-electron chi connectivity index (χ3n) is 2.44. The number of aliphatic carboxylic acids is 1. The summed E-state index contributed by atoms with van der Waals surface area (Å²) in [5.74, 6) is 0.349. The van der Waals surface area contributed by atoms with Crippen LogP contribution in [0.25, 0.3) is 11.3 Å². The largest absolute Gasteiger partial charge is 0.481 e. The standard InChI is InChI=1S/C13H13NO3/c1-9-13(10-5-3-2-4-6-10)14-11(17-9)7-8-12(15)16/h2-6H,7-8H2,1H3,(H,15,16). The fourth-order valence-electron chi connectivity index (χ4n) is 1.64. The van der Waals surface area contributed by atoms with Crippen LogP contribution in [-0.2, 0) is 11.2 Å². The molecule has 0 fully saturated rings. The van der Waals surface area contributed by atoms with Crippen LogP contribution in [0, 0.1) is 6.92 Å². The first-order chi connectivity index (χ1) is 8.16. The van der Waals surface area contributed by atoms with E-state index in [1.165, 1.54) is 0 Å². The maximum Gasteiger partial charge on any atom is 0.303 e. The number of nitrogens with zero attached hydrogens (tertiary/aromatic N) is 1. The zero-order valence-electron chi connectivity index (χ0n) is 9.51. The number of carboxylic acid groups (broad SMARTS) is 1. The Bertz CT molecular complexity index is 517. The number of aromatic nitrogens is 1. The highest BCUT2D eigenvalue weighted by Crippen LogP contribution is 2.23. The van der Waals surface area contributed by atoms with E-state index in [0.29, 0.717) is 12.3 Å². The second kappa shape index (κ2) is 4.82. The molecular weight excluding hydrogens is 218 g/mol. The molecule has 1 aromatic carbocycles. The summed E-state index contributed by atoms with van der Waals surface area (Å²) in [5.41, 5.74) is 1.77. The minimum atomic E-state index is -0.845. The van der Waals surface area contributed by atoms with Crippen molar-refractivity contribution in [3.63, 3.8) is 0 Å². The molecule has 0 spiro atoms. The van der Waals surface area contributed by atoms with Gasteiger partial charge in [-0.15, -0.1) is 0 Å². The van der Waals surface area contributed by atoms with Crippen molar-refractivity contribution in [2.45, 2.75) is 19.8 Å². The summed E-state index contributed by atoms with van der Waals surface area (Å²) in [6.07, 6.45) is 0.358. The molecule has 17 heavy (non-hydrogen) atoms. The van der Waals surface area contributed by atoms with E-state index in [-0.39, 0.29) is 6.42 Å². The number of rotatable bonds is 4. The van der Waals surface area contributed by atoms with Crippen molar-refractivity contribution in [1.82, 2.24) is 4.98 Å². The zero-order chi connectivity index (χ0) is 12.3. The van der Waals surface area contributed by atoms with Gasteiger partial charge in [-0.3, -0.25) is 4.79 Å². The van der Waals surface area contributed by atoms with Crippen LogP contribution >= 0.6 is 0 Å². The summed E-state index contributed by atoms with van der Waals surface area (Å²) in [5, 5.41) is 8.60. The predicted octanol–water partition coefficient (Wildman–Crippen LogP) is 2.67. The highest BCUT2D eigenvalue weighted by Gasteiger charge is 2.12. The van der Waals surface area contributed by atoms with E-state index in [4.69, 9.17) is 9.52 Å². The number of carbonyl (C=O) groups is 1. The van der Waals surface area contributed by atoms with Crippen LogP contribution < -0.4 is 0 Å². The molecule has 4 nitrogen and oxygen atoms in total. The zero-order valence-corrected chi connectivity index (χ0v) is 9.51. The SMILES string of the molecule is Cc1oc(CCC(=O)O)nc1-c1ccccc1. The number of aryl methyl sites for hydroxylation is 2. The minimum Gasteiger partial charge on any atom is -0.481 e.